The molecule has 5 heteroatoms. The molecular formula is C9H19NO3S. The van der Waals surface area contributed by atoms with Gasteiger partial charge in [-0.3, -0.25) is 0 Å². The predicted molar refractivity (Wildman–Crippen MR) is 55.4 cm³/mol. The van der Waals surface area contributed by atoms with Crippen LogP contribution in [0.5, 0.6) is 0 Å². The monoisotopic (exact) mass is 221 g/mol. The quantitative estimate of drug-likeness (QED) is 0.657. The summed E-state index contributed by atoms with van der Waals surface area (Å²) >= 11 is 0. The minimum Gasteiger partial charge on any atom is -0.396 e. The lowest BCUT2D eigenvalue weighted by Crippen LogP contribution is -2.35. The van der Waals surface area contributed by atoms with Crippen molar-refractivity contribution in [1.82, 2.24) is 4.72 Å². The molecule has 1 fully saturated rings. The fraction of sp³-hybridized carbons (Fsp3) is 1.00. The largest absolute Gasteiger partial charge is 0.396 e. The van der Waals surface area contributed by atoms with E-state index in [1.807, 2.05) is 6.92 Å². The molecule has 0 aromatic carbocycles. The van der Waals surface area contributed by atoms with E-state index < -0.39 is 10.0 Å². The van der Waals surface area contributed by atoms with Gasteiger partial charge in [-0.15, -0.1) is 0 Å². The standard InChI is InChI=1S/C9H19NO3S/c1-8(3-2-6-11)10-14(12,13)7-9-4-5-9/h8-11H,2-7H2,1H3. The van der Waals surface area contributed by atoms with Crippen molar-refractivity contribution in [1.29, 1.82) is 0 Å². The van der Waals surface area contributed by atoms with Crippen LogP contribution in [0.2, 0.25) is 0 Å². The number of hydrogen-bond acceptors (Lipinski definition) is 3. The van der Waals surface area contributed by atoms with Crippen LogP contribution in [0.25, 0.3) is 0 Å². The van der Waals surface area contributed by atoms with E-state index in [2.05, 4.69) is 4.72 Å². The third kappa shape index (κ3) is 4.93. The second-order valence-electron chi connectivity index (χ2n) is 4.11. The Labute approximate surface area is 85.8 Å². The van der Waals surface area contributed by atoms with Crippen LogP contribution in [0, 0.1) is 5.92 Å². The molecule has 0 bridgehead atoms. The highest BCUT2D eigenvalue weighted by Crippen LogP contribution is 2.30. The smallest absolute Gasteiger partial charge is 0.212 e. The Morgan fingerprint density at radius 3 is 2.64 bits per heavy atom. The summed E-state index contributed by atoms with van der Waals surface area (Å²) in [6.07, 6.45) is 3.44. The van der Waals surface area contributed by atoms with Gasteiger partial charge in [0.1, 0.15) is 0 Å². The molecule has 1 aliphatic carbocycles. The molecule has 0 aromatic heterocycles. The molecule has 1 saturated carbocycles. The van der Waals surface area contributed by atoms with Crippen molar-refractivity contribution in [2.45, 2.75) is 38.6 Å². The molecule has 0 radical (unpaired) electrons. The summed E-state index contributed by atoms with van der Waals surface area (Å²) in [6, 6.07) is -0.0640. The van der Waals surface area contributed by atoms with Crippen molar-refractivity contribution in [3.8, 4) is 0 Å². The molecule has 1 rings (SSSR count). The lowest BCUT2D eigenvalue weighted by atomic mass is 10.2. The summed E-state index contributed by atoms with van der Waals surface area (Å²) in [5.74, 6) is 0.661. The van der Waals surface area contributed by atoms with E-state index in [0.717, 1.165) is 12.8 Å². The molecule has 1 unspecified atom stereocenters. The number of sulfonamides is 1. The van der Waals surface area contributed by atoms with Crippen LogP contribution in [0.15, 0.2) is 0 Å². The normalized spacial score (nSPS) is 19.6. The fourth-order valence-corrected chi connectivity index (χ4v) is 3.19. The number of nitrogens with one attached hydrogen (secondary N) is 1. The van der Waals surface area contributed by atoms with E-state index in [9.17, 15) is 8.42 Å². The van der Waals surface area contributed by atoms with Gasteiger partial charge in [0, 0.05) is 12.6 Å². The highest BCUT2D eigenvalue weighted by atomic mass is 32.2. The first-order valence-electron chi connectivity index (χ1n) is 5.14. The molecule has 0 amide bonds. The van der Waals surface area contributed by atoms with E-state index >= 15 is 0 Å². The van der Waals surface area contributed by atoms with Crippen LogP contribution < -0.4 is 4.72 Å². The van der Waals surface area contributed by atoms with E-state index in [1.54, 1.807) is 0 Å². The Hall–Kier alpha value is -0.130. The van der Waals surface area contributed by atoms with Crippen LogP contribution >= 0.6 is 0 Å². The molecule has 84 valence electrons. The Kier molecular flexibility index (Phi) is 4.34. The highest BCUT2D eigenvalue weighted by Gasteiger charge is 2.28. The molecule has 1 atom stereocenters. The van der Waals surface area contributed by atoms with E-state index in [1.165, 1.54) is 0 Å². The summed E-state index contributed by atoms with van der Waals surface area (Å²) in [5, 5.41) is 8.59. The summed E-state index contributed by atoms with van der Waals surface area (Å²) in [7, 11) is -3.08. The molecular weight excluding hydrogens is 202 g/mol. The predicted octanol–water partition coefficient (Wildman–Crippen LogP) is 0.477. The fourth-order valence-electron chi connectivity index (χ4n) is 1.41. The summed E-state index contributed by atoms with van der Waals surface area (Å²) < 4.78 is 25.6. The summed E-state index contributed by atoms with van der Waals surface area (Å²) in [4.78, 5) is 0. The van der Waals surface area contributed by atoms with E-state index in [0.29, 0.717) is 18.8 Å². The molecule has 1 aliphatic rings. The van der Waals surface area contributed by atoms with Crippen molar-refractivity contribution in [3.63, 3.8) is 0 Å². The average Bonchev–Trinajstić information content (AvgIpc) is 2.82. The van der Waals surface area contributed by atoms with Crippen molar-refractivity contribution < 1.29 is 13.5 Å². The van der Waals surface area contributed by atoms with Crippen LogP contribution in [0.3, 0.4) is 0 Å². The van der Waals surface area contributed by atoms with Gasteiger partial charge in [0.15, 0.2) is 0 Å². The zero-order valence-electron chi connectivity index (χ0n) is 8.57. The molecule has 0 aromatic rings. The molecule has 0 saturated heterocycles. The maximum absolute atomic E-state index is 11.5. The van der Waals surface area contributed by atoms with E-state index in [-0.39, 0.29) is 18.4 Å². The minimum absolute atomic E-state index is 0.0640. The summed E-state index contributed by atoms with van der Waals surface area (Å²) in [6.45, 7) is 1.95. The van der Waals surface area contributed by atoms with Crippen molar-refractivity contribution >= 4 is 10.0 Å². The lowest BCUT2D eigenvalue weighted by molar-refractivity contribution is 0.279. The number of aliphatic hydroxyl groups is 1. The van der Waals surface area contributed by atoms with Crippen LogP contribution in [-0.2, 0) is 10.0 Å². The van der Waals surface area contributed by atoms with Crippen molar-refractivity contribution in [2.75, 3.05) is 12.4 Å². The van der Waals surface area contributed by atoms with Gasteiger partial charge in [-0.2, -0.15) is 0 Å². The first-order valence-corrected chi connectivity index (χ1v) is 6.79. The zero-order valence-corrected chi connectivity index (χ0v) is 9.39. The first kappa shape index (κ1) is 11.9. The number of rotatable bonds is 7. The number of aliphatic hydroxyl groups excluding tert-OH is 1. The SMILES string of the molecule is CC(CCCO)NS(=O)(=O)CC1CC1. The second-order valence-corrected chi connectivity index (χ2v) is 5.91. The van der Waals surface area contributed by atoms with Crippen molar-refractivity contribution in [3.05, 3.63) is 0 Å². The van der Waals surface area contributed by atoms with Crippen LogP contribution in [0.4, 0.5) is 0 Å². The van der Waals surface area contributed by atoms with Crippen molar-refractivity contribution in [2.24, 2.45) is 5.92 Å². The topological polar surface area (TPSA) is 66.4 Å². The van der Waals surface area contributed by atoms with Gasteiger partial charge in [0.05, 0.1) is 5.75 Å². The second kappa shape index (κ2) is 5.09. The molecule has 0 spiro atoms. The Morgan fingerprint density at radius 2 is 2.14 bits per heavy atom. The molecule has 4 nitrogen and oxygen atoms in total. The molecule has 0 heterocycles. The van der Waals surface area contributed by atoms with E-state index in [4.69, 9.17) is 5.11 Å². The Balaban J connectivity index is 2.25. The van der Waals surface area contributed by atoms with Crippen LogP contribution in [-0.4, -0.2) is 31.9 Å². The van der Waals surface area contributed by atoms with Gasteiger partial charge in [0.25, 0.3) is 0 Å². The summed E-state index contributed by atoms with van der Waals surface area (Å²) in [5.41, 5.74) is 0. The third-order valence-corrected chi connectivity index (χ3v) is 4.00. The third-order valence-electron chi connectivity index (χ3n) is 2.33. The minimum atomic E-state index is -3.08. The number of hydrogen-bond donors (Lipinski definition) is 2. The maximum atomic E-state index is 11.5. The Bertz CT molecular complexity index is 259. The lowest BCUT2D eigenvalue weighted by Gasteiger charge is -2.13. The average molecular weight is 221 g/mol. The van der Waals surface area contributed by atoms with Gasteiger partial charge >= 0.3 is 0 Å². The van der Waals surface area contributed by atoms with Gasteiger partial charge in [-0.25, -0.2) is 13.1 Å². The Morgan fingerprint density at radius 1 is 1.50 bits per heavy atom. The van der Waals surface area contributed by atoms with Crippen LogP contribution in [0.1, 0.15) is 32.6 Å². The highest BCUT2D eigenvalue weighted by molar-refractivity contribution is 7.89. The van der Waals surface area contributed by atoms with Gasteiger partial charge < -0.3 is 5.11 Å². The van der Waals surface area contributed by atoms with Gasteiger partial charge in [-0.1, -0.05) is 0 Å². The molecule has 2 N–H and O–H groups in total. The zero-order chi connectivity index (χ0) is 10.6. The first-order chi connectivity index (χ1) is 6.53. The van der Waals surface area contributed by atoms with Gasteiger partial charge in [0.2, 0.25) is 10.0 Å². The molecule has 0 aliphatic heterocycles. The van der Waals surface area contributed by atoms with Gasteiger partial charge in [-0.05, 0) is 38.5 Å². The maximum Gasteiger partial charge on any atom is 0.212 e. The molecule has 14 heavy (non-hydrogen) atoms.